The third-order valence-corrected chi connectivity index (χ3v) is 4.04. The van der Waals surface area contributed by atoms with Crippen LogP contribution >= 0.6 is 34.5 Å². The van der Waals surface area contributed by atoms with Gasteiger partial charge in [-0.1, -0.05) is 11.6 Å². The lowest BCUT2D eigenvalue weighted by atomic mass is 10.3. The molecule has 0 bridgehead atoms. The van der Waals surface area contributed by atoms with Gasteiger partial charge in [0.1, 0.15) is 5.82 Å². The Kier molecular flexibility index (Phi) is 3.23. The summed E-state index contributed by atoms with van der Waals surface area (Å²) < 4.78 is 4.93. The summed E-state index contributed by atoms with van der Waals surface area (Å²) >= 11 is 8.84. The molecule has 0 aliphatic heterocycles. The van der Waals surface area contributed by atoms with E-state index >= 15 is 0 Å². The van der Waals surface area contributed by atoms with Crippen molar-refractivity contribution in [3.63, 3.8) is 0 Å². The van der Waals surface area contributed by atoms with Crippen LogP contribution in [0.15, 0.2) is 12.1 Å². The highest BCUT2D eigenvalue weighted by Crippen LogP contribution is 2.29. The molecule has 0 spiro atoms. The van der Waals surface area contributed by atoms with E-state index in [0.717, 1.165) is 15.3 Å². The summed E-state index contributed by atoms with van der Waals surface area (Å²) in [5, 5.41) is 4.14. The highest BCUT2D eigenvalue weighted by atomic mass is 35.5. The Morgan fingerprint density at radius 2 is 2.27 bits per heavy atom. The quantitative estimate of drug-likeness (QED) is 0.913. The van der Waals surface area contributed by atoms with Gasteiger partial charge in [0.2, 0.25) is 5.13 Å². The second-order valence-corrected chi connectivity index (χ2v) is 5.65. The molecule has 6 heteroatoms. The maximum absolute atomic E-state index is 5.88. The van der Waals surface area contributed by atoms with Crippen LogP contribution in [-0.4, -0.2) is 9.36 Å². The second-order valence-electron chi connectivity index (χ2n) is 3.15. The Balaban J connectivity index is 2.06. The zero-order chi connectivity index (χ0) is 10.8. The molecule has 2 aromatic rings. The van der Waals surface area contributed by atoms with Gasteiger partial charge in [0.05, 0.1) is 10.4 Å². The SMILES string of the molecule is Cc1nsc(NC(C)c2ccc(Cl)s2)n1. The third kappa shape index (κ3) is 2.68. The van der Waals surface area contributed by atoms with Crippen molar-refractivity contribution in [2.45, 2.75) is 19.9 Å². The Labute approximate surface area is 101 Å². The summed E-state index contributed by atoms with van der Waals surface area (Å²) in [4.78, 5) is 5.45. The van der Waals surface area contributed by atoms with Gasteiger partial charge in [0.25, 0.3) is 0 Å². The highest BCUT2D eigenvalue weighted by molar-refractivity contribution is 7.16. The molecule has 1 unspecified atom stereocenters. The van der Waals surface area contributed by atoms with E-state index in [2.05, 4.69) is 21.6 Å². The van der Waals surface area contributed by atoms with E-state index in [0.29, 0.717) is 0 Å². The van der Waals surface area contributed by atoms with Gasteiger partial charge >= 0.3 is 0 Å². The molecule has 0 saturated heterocycles. The molecule has 3 nitrogen and oxygen atoms in total. The first-order valence-corrected chi connectivity index (χ1v) is 6.44. The normalized spacial score (nSPS) is 12.7. The number of rotatable bonds is 3. The second kappa shape index (κ2) is 4.47. The van der Waals surface area contributed by atoms with Crippen LogP contribution in [0, 0.1) is 6.92 Å². The number of thiophene rings is 1. The van der Waals surface area contributed by atoms with E-state index < -0.39 is 0 Å². The van der Waals surface area contributed by atoms with Gasteiger partial charge in [-0.15, -0.1) is 11.3 Å². The molecule has 0 radical (unpaired) electrons. The molecule has 0 amide bonds. The van der Waals surface area contributed by atoms with Crippen LogP contribution in [0.1, 0.15) is 23.7 Å². The van der Waals surface area contributed by atoms with Crippen LogP contribution in [0.25, 0.3) is 0 Å². The Bertz CT molecular complexity index is 452. The molecular weight excluding hydrogens is 250 g/mol. The Hall–Kier alpha value is -0.650. The molecule has 1 atom stereocenters. The van der Waals surface area contributed by atoms with Crippen molar-refractivity contribution in [2.75, 3.05) is 5.32 Å². The largest absolute Gasteiger partial charge is 0.353 e. The van der Waals surface area contributed by atoms with Gasteiger partial charge < -0.3 is 5.32 Å². The van der Waals surface area contributed by atoms with E-state index in [1.165, 1.54) is 16.4 Å². The predicted molar refractivity (Wildman–Crippen MR) is 66.0 cm³/mol. The van der Waals surface area contributed by atoms with Crippen molar-refractivity contribution < 1.29 is 0 Å². The van der Waals surface area contributed by atoms with E-state index in [9.17, 15) is 0 Å². The topological polar surface area (TPSA) is 37.8 Å². The molecule has 0 saturated carbocycles. The molecule has 0 aliphatic carbocycles. The summed E-state index contributed by atoms with van der Waals surface area (Å²) in [5.41, 5.74) is 0. The minimum Gasteiger partial charge on any atom is -0.353 e. The molecule has 15 heavy (non-hydrogen) atoms. The molecule has 80 valence electrons. The zero-order valence-electron chi connectivity index (χ0n) is 8.32. The highest BCUT2D eigenvalue weighted by Gasteiger charge is 2.10. The molecule has 0 aliphatic rings. The average molecular weight is 260 g/mol. The monoisotopic (exact) mass is 259 g/mol. The average Bonchev–Trinajstić information content (AvgIpc) is 2.75. The fourth-order valence-electron chi connectivity index (χ4n) is 1.17. The number of aryl methyl sites for hydroxylation is 1. The number of nitrogens with zero attached hydrogens (tertiary/aromatic N) is 2. The van der Waals surface area contributed by atoms with Gasteiger partial charge in [-0.25, -0.2) is 4.98 Å². The lowest BCUT2D eigenvalue weighted by Crippen LogP contribution is -2.04. The van der Waals surface area contributed by atoms with Crippen LogP contribution in [0.3, 0.4) is 0 Å². The van der Waals surface area contributed by atoms with Crippen molar-refractivity contribution in [3.8, 4) is 0 Å². The molecule has 2 heterocycles. The Morgan fingerprint density at radius 3 is 2.80 bits per heavy atom. The third-order valence-electron chi connectivity index (χ3n) is 1.89. The number of hydrogen-bond donors (Lipinski definition) is 1. The van der Waals surface area contributed by atoms with Crippen molar-refractivity contribution in [1.29, 1.82) is 0 Å². The lowest BCUT2D eigenvalue weighted by molar-refractivity contribution is 0.902. The number of aromatic nitrogens is 2. The van der Waals surface area contributed by atoms with Crippen molar-refractivity contribution in [3.05, 3.63) is 27.2 Å². The van der Waals surface area contributed by atoms with Crippen LogP contribution in [0.5, 0.6) is 0 Å². The van der Waals surface area contributed by atoms with Gasteiger partial charge in [-0.05, 0) is 26.0 Å². The van der Waals surface area contributed by atoms with E-state index in [1.807, 2.05) is 19.1 Å². The summed E-state index contributed by atoms with van der Waals surface area (Å²) in [6.45, 7) is 3.97. The molecule has 1 N–H and O–H groups in total. The lowest BCUT2D eigenvalue weighted by Gasteiger charge is -2.09. The first-order valence-electron chi connectivity index (χ1n) is 4.47. The predicted octanol–water partition coefficient (Wildman–Crippen LogP) is 3.73. The smallest absolute Gasteiger partial charge is 0.203 e. The maximum atomic E-state index is 5.88. The minimum absolute atomic E-state index is 0.217. The summed E-state index contributed by atoms with van der Waals surface area (Å²) in [6.07, 6.45) is 0. The van der Waals surface area contributed by atoms with Gasteiger partial charge in [0.15, 0.2) is 0 Å². The van der Waals surface area contributed by atoms with E-state index in [4.69, 9.17) is 11.6 Å². The maximum Gasteiger partial charge on any atom is 0.203 e. The standard InChI is InChI=1S/C9H10ClN3S2/c1-5(7-3-4-8(10)14-7)11-9-12-6(2)13-15-9/h3-5H,1-2H3,(H,11,12,13). The van der Waals surface area contributed by atoms with E-state index in [-0.39, 0.29) is 6.04 Å². The molecule has 0 fully saturated rings. The fourth-order valence-corrected chi connectivity index (χ4v) is 2.90. The molecule has 2 aromatic heterocycles. The van der Waals surface area contributed by atoms with Gasteiger partial charge in [-0.3, -0.25) is 0 Å². The molecular formula is C9H10ClN3S2. The number of halogens is 1. The minimum atomic E-state index is 0.217. The van der Waals surface area contributed by atoms with Crippen molar-refractivity contribution in [1.82, 2.24) is 9.36 Å². The van der Waals surface area contributed by atoms with Gasteiger partial charge in [0, 0.05) is 16.4 Å². The number of anilines is 1. The van der Waals surface area contributed by atoms with Crippen LogP contribution in [-0.2, 0) is 0 Å². The van der Waals surface area contributed by atoms with Crippen molar-refractivity contribution in [2.24, 2.45) is 0 Å². The van der Waals surface area contributed by atoms with Crippen molar-refractivity contribution >= 4 is 39.6 Å². The Morgan fingerprint density at radius 1 is 1.47 bits per heavy atom. The first-order chi connectivity index (χ1) is 7.15. The molecule has 0 aromatic carbocycles. The summed E-state index contributed by atoms with van der Waals surface area (Å²) in [6, 6.07) is 4.15. The van der Waals surface area contributed by atoms with E-state index in [1.54, 1.807) is 11.3 Å². The first kappa shape index (κ1) is 10.9. The summed E-state index contributed by atoms with van der Waals surface area (Å²) in [7, 11) is 0. The summed E-state index contributed by atoms with van der Waals surface area (Å²) in [5.74, 6) is 0.805. The number of hydrogen-bond acceptors (Lipinski definition) is 5. The fraction of sp³-hybridized carbons (Fsp3) is 0.333. The van der Waals surface area contributed by atoms with Gasteiger partial charge in [-0.2, -0.15) is 4.37 Å². The van der Waals surface area contributed by atoms with Crippen LogP contribution in [0.4, 0.5) is 5.13 Å². The zero-order valence-corrected chi connectivity index (χ0v) is 10.7. The van der Waals surface area contributed by atoms with Crippen LogP contribution in [0.2, 0.25) is 4.34 Å². The van der Waals surface area contributed by atoms with Crippen LogP contribution < -0.4 is 5.32 Å². The number of nitrogens with one attached hydrogen (secondary N) is 1. The molecule has 2 rings (SSSR count).